The SMILES string of the molecule is CS(=O)(=O)N(CC(=O)N[C@H]1C[C@H]2CC[C@H]1C2)c1cccc(F)c1. The molecule has 2 aliphatic carbocycles. The topological polar surface area (TPSA) is 66.5 Å². The van der Waals surface area contributed by atoms with E-state index in [4.69, 9.17) is 0 Å². The van der Waals surface area contributed by atoms with Gasteiger partial charge in [0.1, 0.15) is 12.4 Å². The molecule has 0 aliphatic heterocycles. The molecule has 0 heterocycles. The Kier molecular flexibility index (Phi) is 4.31. The molecule has 0 spiro atoms. The molecule has 0 radical (unpaired) electrons. The number of carbonyl (C=O) groups excluding carboxylic acids is 1. The summed E-state index contributed by atoms with van der Waals surface area (Å²) >= 11 is 0. The minimum Gasteiger partial charge on any atom is -0.352 e. The third kappa shape index (κ3) is 3.65. The van der Waals surface area contributed by atoms with Crippen molar-refractivity contribution >= 4 is 21.6 Å². The second-order valence-corrected chi connectivity index (χ2v) is 8.51. The van der Waals surface area contributed by atoms with E-state index in [-0.39, 0.29) is 24.2 Å². The summed E-state index contributed by atoms with van der Waals surface area (Å²) in [6.45, 7) is -0.323. The largest absolute Gasteiger partial charge is 0.352 e. The van der Waals surface area contributed by atoms with Crippen LogP contribution in [0.5, 0.6) is 0 Å². The molecule has 1 aromatic rings. The Bertz CT molecular complexity index is 707. The maximum Gasteiger partial charge on any atom is 0.241 e. The maximum atomic E-state index is 13.4. The highest BCUT2D eigenvalue weighted by Crippen LogP contribution is 2.44. The molecule has 3 rings (SSSR count). The predicted octanol–water partition coefficient (Wildman–Crippen LogP) is 1.90. The highest BCUT2D eigenvalue weighted by Gasteiger charge is 2.40. The first-order valence-electron chi connectivity index (χ1n) is 7.85. The molecule has 3 atom stereocenters. The summed E-state index contributed by atoms with van der Waals surface area (Å²) in [5, 5.41) is 2.96. The Morgan fingerprint density at radius 3 is 2.70 bits per heavy atom. The van der Waals surface area contributed by atoms with E-state index in [1.807, 2.05) is 0 Å². The van der Waals surface area contributed by atoms with Crippen molar-refractivity contribution in [2.75, 3.05) is 17.1 Å². The molecule has 0 saturated heterocycles. The molecule has 1 N–H and O–H groups in total. The summed E-state index contributed by atoms with van der Waals surface area (Å²) in [6.07, 6.45) is 5.52. The molecule has 0 aromatic heterocycles. The molecular formula is C16H21FN2O3S. The normalized spacial score (nSPS) is 26.3. The number of hydrogen-bond donors (Lipinski definition) is 1. The lowest BCUT2D eigenvalue weighted by Gasteiger charge is -2.26. The number of benzene rings is 1. The number of rotatable bonds is 5. The molecular weight excluding hydrogens is 319 g/mol. The number of carbonyl (C=O) groups is 1. The highest BCUT2D eigenvalue weighted by molar-refractivity contribution is 7.92. The van der Waals surface area contributed by atoms with Gasteiger partial charge in [-0.2, -0.15) is 0 Å². The molecule has 23 heavy (non-hydrogen) atoms. The van der Waals surface area contributed by atoms with Crippen LogP contribution in [0.4, 0.5) is 10.1 Å². The van der Waals surface area contributed by atoms with E-state index in [0.717, 1.165) is 35.9 Å². The zero-order valence-corrected chi connectivity index (χ0v) is 13.9. The lowest BCUT2D eigenvalue weighted by atomic mass is 9.95. The number of nitrogens with one attached hydrogen (secondary N) is 1. The van der Waals surface area contributed by atoms with Crippen molar-refractivity contribution in [3.8, 4) is 0 Å². The molecule has 1 aromatic carbocycles. The van der Waals surface area contributed by atoms with E-state index in [9.17, 15) is 17.6 Å². The van der Waals surface area contributed by atoms with Gasteiger partial charge in [0, 0.05) is 6.04 Å². The average Bonchev–Trinajstić information content (AvgIpc) is 3.06. The van der Waals surface area contributed by atoms with E-state index < -0.39 is 15.8 Å². The first kappa shape index (κ1) is 16.2. The summed E-state index contributed by atoms with van der Waals surface area (Å²) in [4.78, 5) is 12.3. The van der Waals surface area contributed by atoms with Gasteiger partial charge in [0.2, 0.25) is 15.9 Å². The van der Waals surface area contributed by atoms with Crippen LogP contribution in [-0.2, 0) is 14.8 Å². The van der Waals surface area contributed by atoms with Gasteiger partial charge in [-0.25, -0.2) is 12.8 Å². The number of hydrogen-bond acceptors (Lipinski definition) is 3. The fraction of sp³-hybridized carbons (Fsp3) is 0.562. The second-order valence-electron chi connectivity index (χ2n) is 6.60. The number of anilines is 1. The van der Waals surface area contributed by atoms with Crippen LogP contribution in [0.25, 0.3) is 0 Å². The van der Waals surface area contributed by atoms with Crippen molar-refractivity contribution in [3.05, 3.63) is 30.1 Å². The van der Waals surface area contributed by atoms with Crippen LogP contribution in [0, 0.1) is 17.7 Å². The molecule has 126 valence electrons. The van der Waals surface area contributed by atoms with Gasteiger partial charge in [0.15, 0.2) is 0 Å². The molecule has 2 fully saturated rings. The van der Waals surface area contributed by atoms with Gasteiger partial charge in [-0.3, -0.25) is 9.10 Å². The van der Waals surface area contributed by atoms with E-state index in [1.54, 1.807) is 0 Å². The van der Waals surface area contributed by atoms with Gasteiger partial charge < -0.3 is 5.32 Å². The predicted molar refractivity (Wildman–Crippen MR) is 86.0 cm³/mol. The smallest absolute Gasteiger partial charge is 0.241 e. The highest BCUT2D eigenvalue weighted by atomic mass is 32.2. The van der Waals surface area contributed by atoms with Crippen LogP contribution in [0.15, 0.2) is 24.3 Å². The van der Waals surface area contributed by atoms with Crippen LogP contribution < -0.4 is 9.62 Å². The van der Waals surface area contributed by atoms with E-state index in [0.29, 0.717) is 11.8 Å². The van der Waals surface area contributed by atoms with E-state index in [1.165, 1.54) is 24.6 Å². The number of fused-ring (bicyclic) bond motifs is 2. The Hall–Kier alpha value is -1.63. The summed E-state index contributed by atoms with van der Waals surface area (Å²) in [7, 11) is -3.67. The third-order valence-corrected chi connectivity index (χ3v) is 6.01. The first-order valence-corrected chi connectivity index (χ1v) is 9.70. The molecule has 7 heteroatoms. The van der Waals surface area contributed by atoms with E-state index >= 15 is 0 Å². The summed E-state index contributed by atoms with van der Waals surface area (Å²) in [5.74, 6) is 0.339. The van der Waals surface area contributed by atoms with Crippen LogP contribution in [0.1, 0.15) is 25.7 Å². The molecule has 0 unspecified atom stereocenters. The van der Waals surface area contributed by atoms with Crippen molar-refractivity contribution in [2.45, 2.75) is 31.7 Å². The lowest BCUT2D eigenvalue weighted by Crippen LogP contribution is -2.45. The molecule has 2 saturated carbocycles. The van der Waals surface area contributed by atoms with Gasteiger partial charge in [-0.05, 0) is 49.3 Å². The van der Waals surface area contributed by atoms with Gasteiger partial charge >= 0.3 is 0 Å². The van der Waals surface area contributed by atoms with E-state index in [2.05, 4.69) is 5.32 Å². The zero-order valence-electron chi connectivity index (χ0n) is 13.0. The van der Waals surface area contributed by atoms with Gasteiger partial charge in [0.05, 0.1) is 11.9 Å². The minimum absolute atomic E-state index is 0.148. The average molecular weight is 340 g/mol. The summed E-state index contributed by atoms with van der Waals surface area (Å²) < 4.78 is 38.2. The van der Waals surface area contributed by atoms with Gasteiger partial charge in [-0.1, -0.05) is 12.5 Å². The third-order valence-electron chi connectivity index (χ3n) is 4.87. The monoisotopic (exact) mass is 340 g/mol. The standard InChI is InChI=1S/C16H21FN2O3S/c1-23(21,22)19(14-4-2-3-13(17)9-14)10-16(20)18-15-8-11-5-6-12(15)7-11/h2-4,9,11-12,15H,5-8,10H2,1H3,(H,18,20)/t11-,12-,15-/m0/s1. The lowest BCUT2D eigenvalue weighted by molar-refractivity contribution is -0.120. The van der Waals surface area contributed by atoms with Crippen molar-refractivity contribution in [2.24, 2.45) is 11.8 Å². The number of nitrogens with zero attached hydrogens (tertiary/aromatic N) is 1. The molecule has 1 amide bonds. The summed E-state index contributed by atoms with van der Waals surface area (Å²) in [5.41, 5.74) is 0.163. The zero-order chi connectivity index (χ0) is 16.6. The van der Waals surface area contributed by atoms with Crippen molar-refractivity contribution in [1.29, 1.82) is 0 Å². The van der Waals surface area contributed by atoms with Gasteiger partial charge in [0.25, 0.3) is 0 Å². The minimum atomic E-state index is -3.67. The number of sulfonamides is 1. The Morgan fingerprint density at radius 1 is 1.35 bits per heavy atom. The van der Waals surface area contributed by atoms with Crippen molar-refractivity contribution in [3.63, 3.8) is 0 Å². The summed E-state index contributed by atoms with van der Waals surface area (Å²) in [6, 6.07) is 5.41. The Labute approximate surface area is 135 Å². The van der Waals surface area contributed by atoms with Crippen LogP contribution in [0.3, 0.4) is 0 Å². The van der Waals surface area contributed by atoms with Crippen molar-refractivity contribution in [1.82, 2.24) is 5.32 Å². The molecule has 2 bridgehead atoms. The number of amides is 1. The Morgan fingerprint density at radius 2 is 2.13 bits per heavy atom. The van der Waals surface area contributed by atoms with Crippen LogP contribution in [0.2, 0.25) is 0 Å². The Balaban J connectivity index is 1.70. The molecule has 5 nitrogen and oxygen atoms in total. The second kappa shape index (κ2) is 6.11. The quantitative estimate of drug-likeness (QED) is 0.890. The fourth-order valence-corrected chi connectivity index (χ4v) is 4.68. The van der Waals surface area contributed by atoms with Gasteiger partial charge in [-0.15, -0.1) is 0 Å². The molecule has 2 aliphatic rings. The first-order chi connectivity index (χ1) is 10.8. The van der Waals surface area contributed by atoms with Crippen LogP contribution in [-0.4, -0.2) is 33.2 Å². The number of halogens is 1. The van der Waals surface area contributed by atoms with Crippen molar-refractivity contribution < 1.29 is 17.6 Å². The maximum absolute atomic E-state index is 13.4. The van der Waals surface area contributed by atoms with Crippen LogP contribution >= 0.6 is 0 Å². The fourth-order valence-electron chi connectivity index (χ4n) is 3.84.